The van der Waals surface area contributed by atoms with Gasteiger partial charge >= 0.3 is 0 Å². The lowest BCUT2D eigenvalue weighted by Crippen LogP contribution is -1.93. The topological polar surface area (TPSA) is 92.3 Å². The second-order valence-electron chi connectivity index (χ2n) is 8.16. The van der Waals surface area contributed by atoms with Crippen LogP contribution >= 0.6 is 0 Å². The number of rotatable bonds is 8. The van der Waals surface area contributed by atoms with E-state index in [2.05, 4.69) is 6.58 Å². The van der Waals surface area contributed by atoms with Crippen LogP contribution in [0.3, 0.4) is 0 Å². The lowest BCUT2D eigenvalue weighted by molar-refractivity contribution is 0.343. The number of allylic oxidation sites excluding steroid dienone is 1. The maximum Gasteiger partial charge on any atom is 0.176 e. The van der Waals surface area contributed by atoms with Gasteiger partial charge in [0.05, 0.1) is 26.4 Å². The Labute approximate surface area is 209 Å². The summed E-state index contributed by atoms with van der Waals surface area (Å²) >= 11 is 0. The molecule has 6 nitrogen and oxygen atoms in total. The van der Waals surface area contributed by atoms with Gasteiger partial charge < -0.3 is 29.2 Å². The highest BCUT2D eigenvalue weighted by Crippen LogP contribution is 2.43. The van der Waals surface area contributed by atoms with Crippen molar-refractivity contribution in [3.05, 3.63) is 89.5 Å². The summed E-state index contributed by atoms with van der Waals surface area (Å²) < 4.78 is 17.3. The van der Waals surface area contributed by atoms with Crippen LogP contribution in [0.5, 0.6) is 23.0 Å². The standard InChI is InChI=1S/C30H28O6/c1-5-7-19-9-10-25(32)22(13-19)18(2)23-16-24(27(34-3)17-26(23)33)28-15-21-12-20(8-6-11-31)14-29(35-4)30(21)36-28/h5-10,12-17,31-33H,2,11H2,1,3-4H3/b7-5+,8-6+. The lowest BCUT2D eigenvalue weighted by atomic mass is 9.94. The van der Waals surface area contributed by atoms with E-state index < -0.39 is 0 Å². The number of aliphatic hydroxyl groups excluding tert-OH is 1. The van der Waals surface area contributed by atoms with Crippen molar-refractivity contribution in [3.8, 4) is 34.3 Å². The van der Waals surface area contributed by atoms with Crippen molar-refractivity contribution in [1.29, 1.82) is 0 Å². The second-order valence-corrected chi connectivity index (χ2v) is 8.16. The maximum atomic E-state index is 10.8. The van der Waals surface area contributed by atoms with E-state index in [0.717, 1.165) is 16.5 Å². The van der Waals surface area contributed by atoms with E-state index in [1.807, 2.05) is 43.3 Å². The number of phenols is 2. The Hall–Kier alpha value is -4.42. The highest BCUT2D eigenvalue weighted by atomic mass is 16.5. The molecule has 36 heavy (non-hydrogen) atoms. The Morgan fingerprint density at radius 3 is 2.33 bits per heavy atom. The molecule has 184 valence electrons. The molecule has 3 N–H and O–H groups in total. The van der Waals surface area contributed by atoms with Crippen LogP contribution in [0.1, 0.15) is 29.2 Å². The highest BCUT2D eigenvalue weighted by molar-refractivity contribution is 5.92. The van der Waals surface area contributed by atoms with E-state index in [1.165, 1.54) is 13.2 Å². The van der Waals surface area contributed by atoms with Crippen molar-refractivity contribution < 1.29 is 29.2 Å². The van der Waals surface area contributed by atoms with Crippen molar-refractivity contribution in [2.45, 2.75) is 6.92 Å². The molecule has 0 saturated heterocycles. The van der Waals surface area contributed by atoms with E-state index in [1.54, 1.807) is 37.5 Å². The Bertz CT molecular complexity index is 1490. The number of fused-ring (bicyclic) bond motifs is 1. The number of benzene rings is 3. The molecular formula is C30H28O6. The van der Waals surface area contributed by atoms with E-state index >= 15 is 0 Å². The van der Waals surface area contributed by atoms with Crippen LogP contribution in [0.4, 0.5) is 0 Å². The number of ether oxygens (including phenoxy) is 2. The quantitative estimate of drug-likeness (QED) is 0.260. The number of aliphatic hydroxyl groups is 1. The average molecular weight is 485 g/mol. The number of hydrogen-bond acceptors (Lipinski definition) is 6. The Balaban J connectivity index is 1.86. The summed E-state index contributed by atoms with van der Waals surface area (Å²) in [5.74, 6) is 1.48. The molecule has 6 heteroatoms. The maximum absolute atomic E-state index is 10.8. The summed E-state index contributed by atoms with van der Waals surface area (Å²) in [6.07, 6.45) is 7.26. The van der Waals surface area contributed by atoms with Gasteiger partial charge in [-0.1, -0.05) is 36.9 Å². The Morgan fingerprint density at radius 2 is 1.64 bits per heavy atom. The van der Waals surface area contributed by atoms with Crippen LogP contribution in [-0.2, 0) is 0 Å². The predicted molar refractivity (Wildman–Crippen MR) is 143 cm³/mol. The van der Waals surface area contributed by atoms with Crippen LogP contribution in [0.2, 0.25) is 0 Å². The SMILES string of the molecule is C=C(c1cc(/C=C/C)ccc1O)c1cc(-c2cc3cc(/C=C/CO)cc(OC)c3o2)c(OC)cc1O. The number of aromatic hydroxyl groups is 2. The largest absolute Gasteiger partial charge is 0.507 e. The van der Waals surface area contributed by atoms with E-state index in [-0.39, 0.29) is 18.1 Å². The van der Waals surface area contributed by atoms with Gasteiger partial charge in [-0.3, -0.25) is 0 Å². The summed E-state index contributed by atoms with van der Waals surface area (Å²) in [6, 6.07) is 14.1. The third-order valence-corrected chi connectivity index (χ3v) is 5.85. The van der Waals surface area contributed by atoms with E-state index in [0.29, 0.717) is 45.1 Å². The van der Waals surface area contributed by atoms with Crippen molar-refractivity contribution in [1.82, 2.24) is 0 Å². The number of hydrogen-bond donors (Lipinski definition) is 3. The molecule has 3 aromatic carbocycles. The Morgan fingerprint density at radius 1 is 0.889 bits per heavy atom. The first-order valence-electron chi connectivity index (χ1n) is 11.4. The monoisotopic (exact) mass is 484 g/mol. The fourth-order valence-electron chi connectivity index (χ4n) is 4.12. The third kappa shape index (κ3) is 4.72. The normalized spacial score (nSPS) is 11.6. The molecule has 0 spiro atoms. The summed E-state index contributed by atoms with van der Waals surface area (Å²) in [4.78, 5) is 0. The minimum absolute atomic E-state index is 0.0402. The number of methoxy groups -OCH3 is 2. The molecule has 0 aliphatic carbocycles. The summed E-state index contributed by atoms with van der Waals surface area (Å²) in [7, 11) is 3.08. The van der Waals surface area contributed by atoms with Crippen LogP contribution in [0.25, 0.3) is 40.0 Å². The first-order chi connectivity index (χ1) is 17.4. The first-order valence-corrected chi connectivity index (χ1v) is 11.4. The van der Waals surface area contributed by atoms with Crippen molar-refractivity contribution in [3.63, 3.8) is 0 Å². The fraction of sp³-hybridized carbons (Fsp3) is 0.133. The molecule has 1 heterocycles. The molecule has 0 radical (unpaired) electrons. The first kappa shape index (κ1) is 24.7. The van der Waals surface area contributed by atoms with Gasteiger partial charge in [0, 0.05) is 22.6 Å². The molecule has 0 fully saturated rings. The fourth-order valence-corrected chi connectivity index (χ4v) is 4.12. The molecule has 0 atom stereocenters. The van der Waals surface area contributed by atoms with Crippen LogP contribution in [-0.4, -0.2) is 36.1 Å². The molecule has 0 saturated carbocycles. The zero-order valence-corrected chi connectivity index (χ0v) is 20.4. The molecule has 0 aliphatic rings. The van der Waals surface area contributed by atoms with Gasteiger partial charge in [-0.15, -0.1) is 0 Å². The van der Waals surface area contributed by atoms with E-state index in [4.69, 9.17) is 19.0 Å². The molecule has 4 rings (SSSR count). The van der Waals surface area contributed by atoms with Gasteiger partial charge in [0.15, 0.2) is 11.3 Å². The predicted octanol–water partition coefficient (Wildman–Crippen LogP) is 6.63. The molecule has 0 bridgehead atoms. The molecule has 1 aromatic heterocycles. The van der Waals surface area contributed by atoms with Crippen LogP contribution in [0.15, 0.2) is 71.7 Å². The van der Waals surface area contributed by atoms with Gasteiger partial charge in [0.25, 0.3) is 0 Å². The Kier molecular flexibility index (Phi) is 7.17. The van der Waals surface area contributed by atoms with Gasteiger partial charge in [0.1, 0.15) is 23.0 Å². The van der Waals surface area contributed by atoms with Crippen molar-refractivity contribution >= 4 is 28.7 Å². The molecule has 0 unspecified atom stereocenters. The molecular weight excluding hydrogens is 456 g/mol. The summed E-state index contributed by atoms with van der Waals surface area (Å²) in [6.45, 7) is 6.00. The van der Waals surface area contributed by atoms with Crippen molar-refractivity contribution in [2.75, 3.05) is 20.8 Å². The second kappa shape index (κ2) is 10.5. The minimum Gasteiger partial charge on any atom is -0.507 e. The smallest absolute Gasteiger partial charge is 0.176 e. The molecule has 0 aliphatic heterocycles. The number of furan rings is 1. The summed E-state index contributed by atoms with van der Waals surface area (Å²) in [5, 5.41) is 31.2. The zero-order chi connectivity index (χ0) is 25.8. The van der Waals surface area contributed by atoms with Crippen molar-refractivity contribution in [2.24, 2.45) is 0 Å². The third-order valence-electron chi connectivity index (χ3n) is 5.85. The molecule has 4 aromatic rings. The van der Waals surface area contributed by atoms with Gasteiger partial charge in [0.2, 0.25) is 0 Å². The van der Waals surface area contributed by atoms with Gasteiger partial charge in [-0.2, -0.15) is 0 Å². The average Bonchev–Trinajstić information content (AvgIpc) is 3.31. The highest BCUT2D eigenvalue weighted by Gasteiger charge is 2.20. The lowest BCUT2D eigenvalue weighted by Gasteiger charge is -2.15. The van der Waals surface area contributed by atoms with E-state index in [9.17, 15) is 10.2 Å². The van der Waals surface area contributed by atoms with Crippen LogP contribution in [0, 0.1) is 0 Å². The van der Waals surface area contributed by atoms with Gasteiger partial charge in [-0.05, 0) is 60.0 Å². The number of phenolic OH excluding ortho intramolecular Hbond substituents is 2. The van der Waals surface area contributed by atoms with Crippen LogP contribution < -0.4 is 9.47 Å². The zero-order valence-electron chi connectivity index (χ0n) is 20.4. The summed E-state index contributed by atoms with van der Waals surface area (Å²) in [5.41, 5.74) is 4.29. The molecule has 0 amide bonds. The minimum atomic E-state index is -0.0679. The van der Waals surface area contributed by atoms with Gasteiger partial charge in [-0.25, -0.2) is 0 Å².